The van der Waals surface area contributed by atoms with Crippen LogP contribution in [-0.4, -0.2) is 25.8 Å². The fourth-order valence-electron chi connectivity index (χ4n) is 2.13. The molecule has 2 N–H and O–H groups in total. The van der Waals surface area contributed by atoms with Crippen molar-refractivity contribution in [1.29, 1.82) is 0 Å². The SMILES string of the molecule is CC(C)OC(=O)NC1=Nc2ccc(OS(=O)(=O)c3ccccc3)cc2NS1. The summed E-state index contributed by atoms with van der Waals surface area (Å²) in [6.45, 7) is 3.49. The van der Waals surface area contributed by atoms with Gasteiger partial charge in [0.1, 0.15) is 10.6 Å². The summed E-state index contributed by atoms with van der Waals surface area (Å²) in [6, 6.07) is 12.5. The van der Waals surface area contributed by atoms with Crippen LogP contribution in [0.2, 0.25) is 0 Å². The number of anilines is 1. The van der Waals surface area contributed by atoms with Crippen molar-refractivity contribution in [3.63, 3.8) is 0 Å². The fourth-order valence-corrected chi connectivity index (χ4v) is 3.72. The number of hydrogen-bond donors (Lipinski definition) is 2. The highest BCUT2D eigenvalue weighted by molar-refractivity contribution is 8.15. The monoisotopic (exact) mass is 407 g/mol. The zero-order valence-electron chi connectivity index (χ0n) is 14.5. The van der Waals surface area contributed by atoms with Crippen molar-refractivity contribution in [2.45, 2.75) is 24.8 Å². The summed E-state index contributed by atoms with van der Waals surface area (Å²) in [7, 11) is -3.92. The average Bonchev–Trinajstić information content (AvgIpc) is 2.61. The van der Waals surface area contributed by atoms with Crippen molar-refractivity contribution in [1.82, 2.24) is 5.32 Å². The lowest BCUT2D eigenvalue weighted by molar-refractivity contribution is 0.121. The molecule has 27 heavy (non-hydrogen) atoms. The fraction of sp³-hybridized carbons (Fsp3) is 0.176. The lowest BCUT2D eigenvalue weighted by atomic mass is 10.2. The molecule has 1 aliphatic heterocycles. The van der Waals surface area contributed by atoms with Gasteiger partial charge in [0, 0.05) is 18.0 Å². The number of fused-ring (bicyclic) bond motifs is 1. The Labute approximate surface area is 161 Å². The maximum Gasteiger partial charge on any atom is 0.413 e. The lowest BCUT2D eigenvalue weighted by Gasteiger charge is -2.18. The molecular formula is C17H17N3O5S2. The second-order valence-corrected chi connectivity index (χ2v) is 8.07. The summed E-state index contributed by atoms with van der Waals surface area (Å²) >= 11 is 1.07. The molecule has 3 rings (SSSR count). The third-order valence-corrected chi connectivity index (χ3v) is 5.21. The number of ether oxygens (including phenoxy) is 1. The van der Waals surface area contributed by atoms with Gasteiger partial charge < -0.3 is 13.6 Å². The van der Waals surface area contributed by atoms with Gasteiger partial charge in [0.2, 0.25) is 0 Å². The van der Waals surface area contributed by atoms with E-state index in [2.05, 4.69) is 15.0 Å². The summed E-state index contributed by atoms with van der Waals surface area (Å²) < 4.78 is 37.7. The van der Waals surface area contributed by atoms with Gasteiger partial charge in [-0.15, -0.1) is 0 Å². The summed E-state index contributed by atoms with van der Waals surface area (Å²) in [6.07, 6.45) is -0.846. The molecule has 1 heterocycles. The van der Waals surface area contributed by atoms with Gasteiger partial charge in [0.05, 0.1) is 17.5 Å². The van der Waals surface area contributed by atoms with Gasteiger partial charge in [0.15, 0.2) is 5.17 Å². The highest BCUT2D eigenvalue weighted by Gasteiger charge is 2.20. The number of alkyl carbamates (subject to hydrolysis) is 1. The zero-order valence-corrected chi connectivity index (χ0v) is 16.1. The van der Waals surface area contributed by atoms with Crippen LogP contribution in [0, 0.1) is 0 Å². The van der Waals surface area contributed by atoms with E-state index < -0.39 is 16.2 Å². The first kappa shape index (κ1) is 19.1. The number of aliphatic imine (C=N–C) groups is 1. The van der Waals surface area contributed by atoms with E-state index in [9.17, 15) is 13.2 Å². The molecule has 1 aliphatic rings. The molecule has 10 heteroatoms. The third-order valence-electron chi connectivity index (χ3n) is 3.24. The van der Waals surface area contributed by atoms with Gasteiger partial charge in [-0.3, -0.25) is 5.32 Å². The maximum atomic E-state index is 12.3. The van der Waals surface area contributed by atoms with Crippen molar-refractivity contribution < 1.29 is 22.1 Å². The Morgan fingerprint density at radius 1 is 1.19 bits per heavy atom. The zero-order chi connectivity index (χ0) is 19.4. The van der Waals surface area contributed by atoms with Crippen LogP contribution in [0.15, 0.2) is 58.4 Å². The highest BCUT2D eigenvalue weighted by atomic mass is 32.2. The molecule has 2 aromatic rings. The molecule has 0 unspecified atom stereocenters. The quantitative estimate of drug-likeness (QED) is 0.588. The van der Waals surface area contributed by atoms with Gasteiger partial charge >= 0.3 is 16.2 Å². The maximum absolute atomic E-state index is 12.3. The molecule has 142 valence electrons. The first-order valence-electron chi connectivity index (χ1n) is 7.96. The molecule has 1 amide bonds. The number of nitrogens with zero attached hydrogens (tertiary/aromatic N) is 1. The summed E-state index contributed by atoms with van der Waals surface area (Å²) in [5, 5.41) is 2.85. The molecule has 0 aliphatic carbocycles. The number of carbonyl (C=O) groups excluding carboxylic acids is 1. The number of nitrogens with one attached hydrogen (secondary N) is 2. The van der Waals surface area contributed by atoms with Crippen molar-refractivity contribution in [2.24, 2.45) is 4.99 Å². The Bertz CT molecular complexity index is 975. The van der Waals surface area contributed by atoms with E-state index in [1.54, 1.807) is 38.1 Å². The lowest BCUT2D eigenvalue weighted by Crippen LogP contribution is -2.32. The Balaban J connectivity index is 1.74. The van der Waals surface area contributed by atoms with Crippen LogP contribution in [-0.2, 0) is 14.9 Å². The number of rotatable bonds is 4. The molecule has 0 fully saturated rings. The summed E-state index contributed by atoms with van der Waals surface area (Å²) in [5.74, 6) is 0.150. The molecule has 0 saturated heterocycles. The standard InChI is InChI=1S/C17H17N3O5S2/c1-11(2)24-17(21)19-16-18-14-9-8-12(10-15(14)20-26-16)25-27(22,23)13-6-4-3-5-7-13/h3-11,20H,1-2H3,(H,18,19,21). The number of amides is 1. The highest BCUT2D eigenvalue weighted by Crippen LogP contribution is 2.36. The van der Waals surface area contributed by atoms with Crippen molar-refractivity contribution in [2.75, 3.05) is 4.72 Å². The second kappa shape index (κ2) is 7.89. The third kappa shape index (κ3) is 4.92. The first-order chi connectivity index (χ1) is 12.8. The summed E-state index contributed by atoms with van der Waals surface area (Å²) in [4.78, 5) is 16.0. The molecule has 8 nitrogen and oxygen atoms in total. The van der Waals surface area contributed by atoms with Gasteiger partial charge in [-0.2, -0.15) is 8.42 Å². The molecular weight excluding hydrogens is 390 g/mol. The predicted octanol–water partition coefficient (Wildman–Crippen LogP) is 3.65. The van der Waals surface area contributed by atoms with Gasteiger partial charge in [-0.1, -0.05) is 18.2 Å². The van der Waals surface area contributed by atoms with Crippen molar-refractivity contribution in [3.05, 3.63) is 48.5 Å². The largest absolute Gasteiger partial charge is 0.447 e. The molecule has 2 aromatic carbocycles. The van der Waals surface area contributed by atoms with E-state index in [4.69, 9.17) is 8.92 Å². The number of carbonyl (C=O) groups is 1. The van der Waals surface area contributed by atoms with Crippen molar-refractivity contribution in [3.8, 4) is 5.75 Å². The van der Waals surface area contributed by atoms with Gasteiger partial charge in [0.25, 0.3) is 0 Å². The second-order valence-electron chi connectivity index (χ2n) is 5.73. The topological polar surface area (TPSA) is 106 Å². The Morgan fingerprint density at radius 3 is 2.63 bits per heavy atom. The number of hydrogen-bond acceptors (Lipinski definition) is 8. The van der Waals surface area contributed by atoms with Crippen molar-refractivity contribution >= 4 is 44.7 Å². The van der Waals surface area contributed by atoms with E-state index in [0.717, 1.165) is 11.9 Å². The molecule has 0 spiro atoms. The van der Waals surface area contributed by atoms with Crippen LogP contribution in [0.5, 0.6) is 5.75 Å². The Kier molecular flexibility index (Phi) is 5.57. The minimum absolute atomic E-state index is 0.0678. The van der Waals surface area contributed by atoms with E-state index in [-0.39, 0.29) is 16.7 Å². The molecule has 0 radical (unpaired) electrons. The Morgan fingerprint density at radius 2 is 1.93 bits per heavy atom. The Hall–Kier alpha value is -2.72. The minimum Gasteiger partial charge on any atom is -0.447 e. The smallest absolute Gasteiger partial charge is 0.413 e. The molecule has 0 aromatic heterocycles. The van der Waals surface area contributed by atoms with Crippen LogP contribution >= 0.6 is 11.9 Å². The van der Waals surface area contributed by atoms with E-state index in [1.165, 1.54) is 24.3 Å². The predicted molar refractivity (Wildman–Crippen MR) is 104 cm³/mol. The van der Waals surface area contributed by atoms with Crippen LogP contribution in [0.4, 0.5) is 16.2 Å². The van der Waals surface area contributed by atoms with E-state index in [0.29, 0.717) is 16.5 Å². The normalized spacial score (nSPS) is 13.2. The molecule has 0 atom stereocenters. The van der Waals surface area contributed by atoms with Crippen LogP contribution in [0.1, 0.15) is 13.8 Å². The van der Waals surface area contributed by atoms with Crippen LogP contribution in [0.25, 0.3) is 0 Å². The molecule has 0 bridgehead atoms. The van der Waals surface area contributed by atoms with Crippen LogP contribution in [0.3, 0.4) is 0 Å². The minimum atomic E-state index is -3.92. The van der Waals surface area contributed by atoms with Gasteiger partial charge in [-0.05, 0) is 38.1 Å². The van der Waals surface area contributed by atoms with E-state index in [1.807, 2.05) is 0 Å². The first-order valence-corrected chi connectivity index (χ1v) is 10.2. The average molecular weight is 407 g/mol. The van der Waals surface area contributed by atoms with E-state index >= 15 is 0 Å². The number of benzene rings is 2. The molecule has 0 saturated carbocycles. The van der Waals surface area contributed by atoms with Crippen LogP contribution < -0.4 is 14.2 Å². The summed E-state index contributed by atoms with van der Waals surface area (Å²) in [5.41, 5.74) is 1.08. The number of amidine groups is 1. The van der Waals surface area contributed by atoms with Gasteiger partial charge in [-0.25, -0.2) is 9.79 Å².